The summed E-state index contributed by atoms with van der Waals surface area (Å²) in [6, 6.07) is 4.21. The molecule has 1 rings (SSSR count). The van der Waals surface area contributed by atoms with Gasteiger partial charge in [0.05, 0.1) is 11.1 Å². The molecule has 4 nitrogen and oxygen atoms in total. The van der Waals surface area contributed by atoms with Crippen LogP contribution >= 0.6 is 11.6 Å². The number of amides is 1. The van der Waals surface area contributed by atoms with Gasteiger partial charge in [0, 0.05) is 12.5 Å². The maximum Gasteiger partial charge on any atom is 0.234 e. The second kappa shape index (κ2) is 6.42. The normalized spacial score (nSPS) is 12.0. The Kier molecular flexibility index (Phi) is 5.18. The molecule has 0 spiro atoms. The third kappa shape index (κ3) is 4.58. The summed E-state index contributed by atoms with van der Waals surface area (Å²) in [5.41, 5.74) is 2.03. The first-order valence-corrected chi connectivity index (χ1v) is 5.52. The number of carbonyl (C=O) groups excluding carboxylic acids is 1. The van der Waals surface area contributed by atoms with Crippen LogP contribution in [0, 0.1) is 5.82 Å². The van der Waals surface area contributed by atoms with Crippen molar-refractivity contribution in [3.63, 3.8) is 0 Å². The van der Waals surface area contributed by atoms with Crippen molar-refractivity contribution in [2.45, 2.75) is 25.9 Å². The second-order valence-corrected chi connectivity index (χ2v) is 4.02. The fraction of sp³-hybridized carbons (Fsp3) is 0.364. The molecule has 1 atom stereocenters. The zero-order valence-electron chi connectivity index (χ0n) is 9.37. The van der Waals surface area contributed by atoms with Gasteiger partial charge in [-0.2, -0.15) is 0 Å². The van der Waals surface area contributed by atoms with Crippen molar-refractivity contribution in [1.82, 2.24) is 5.43 Å². The Bertz CT molecular complexity index is 401. The molecule has 94 valence electrons. The van der Waals surface area contributed by atoms with E-state index in [2.05, 4.69) is 0 Å². The van der Waals surface area contributed by atoms with E-state index in [4.69, 9.17) is 22.2 Å². The minimum atomic E-state index is -0.531. The third-order valence-electron chi connectivity index (χ3n) is 2.17. The van der Waals surface area contributed by atoms with Gasteiger partial charge in [0.1, 0.15) is 11.6 Å². The molecular weight excluding hydrogens is 247 g/mol. The SMILES string of the molecule is CC(CCC(=O)NN)Oc1ccc(Cl)c(F)c1. The van der Waals surface area contributed by atoms with E-state index in [0.29, 0.717) is 12.2 Å². The van der Waals surface area contributed by atoms with Crippen LogP contribution in [0.15, 0.2) is 18.2 Å². The van der Waals surface area contributed by atoms with Crippen LogP contribution < -0.4 is 16.0 Å². The lowest BCUT2D eigenvalue weighted by molar-refractivity contribution is -0.121. The molecule has 3 N–H and O–H groups in total. The van der Waals surface area contributed by atoms with Crippen molar-refractivity contribution >= 4 is 17.5 Å². The highest BCUT2D eigenvalue weighted by molar-refractivity contribution is 6.30. The van der Waals surface area contributed by atoms with Crippen LogP contribution in [-0.4, -0.2) is 12.0 Å². The lowest BCUT2D eigenvalue weighted by Gasteiger charge is -2.14. The Morgan fingerprint density at radius 1 is 1.65 bits per heavy atom. The number of nitrogens with two attached hydrogens (primary N) is 1. The Balaban J connectivity index is 2.47. The average Bonchev–Trinajstić information content (AvgIpc) is 2.31. The van der Waals surface area contributed by atoms with Gasteiger partial charge in [-0.15, -0.1) is 0 Å². The van der Waals surface area contributed by atoms with Crippen LogP contribution in [0.25, 0.3) is 0 Å². The van der Waals surface area contributed by atoms with E-state index in [9.17, 15) is 9.18 Å². The average molecular weight is 261 g/mol. The van der Waals surface area contributed by atoms with Crippen molar-refractivity contribution in [3.8, 4) is 5.75 Å². The predicted molar refractivity (Wildman–Crippen MR) is 63.1 cm³/mol. The highest BCUT2D eigenvalue weighted by atomic mass is 35.5. The molecular formula is C11H14ClFN2O2. The largest absolute Gasteiger partial charge is 0.491 e. The molecule has 6 heteroatoms. The number of nitrogens with one attached hydrogen (secondary N) is 1. The van der Waals surface area contributed by atoms with Gasteiger partial charge in [0.15, 0.2) is 0 Å². The molecule has 0 radical (unpaired) electrons. The number of carbonyl (C=O) groups is 1. The predicted octanol–water partition coefficient (Wildman–Crippen LogP) is 2.02. The van der Waals surface area contributed by atoms with Gasteiger partial charge >= 0.3 is 0 Å². The molecule has 0 saturated heterocycles. The van der Waals surface area contributed by atoms with Gasteiger partial charge in [-0.1, -0.05) is 11.6 Å². The standard InChI is InChI=1S/C11H14ClFN2O2/c1-7(2-5-11(16)15-14)17-8-3-4-9(12)10(13)6-8/h3-4,6-7H,2,5,14H2,1H3,(H,15,16). The number of benzene rings is 1. The van der Waals surface area contributed by atoms with Crippen molar-refractivity contribution in [3.05, 3.63) is 29.0 Å². The number of hydrazine groups is 1. The molecule has 0 bridgehead atoms. The van der Waals surface area contributed by atoms with Gasteiger partial charge < -0.3 is 4.74 Å². The van der Waals surface area contributed by atoms with Crippen LogP contribution in [0.4, 0.5) is 4.39 Å². The summed E-state index contributed by atoms with van der Waals surface area (Å²) in [5, 5.41) is 0.0486. The molecule has 0 aromatic heterocycles. The second-order valence-electron chi connectivity index (χ2n) is 3.61. The number of hydrogen-bond donors (Lipinski definition) is 2. The van der Waals surface area contributed by atoms with E-state index < -0.39 is 5.82 Å². The Morgan fingerprint density at radius 2 is 2.35 bits per heavy atom. The van der Waals surface area contributed by atoms with E-state index in [1.54, 1.807) is 13.0 Å². The topological polar surface area (TPSA) is 64.4 Å². The van der Waals surface area contributed by atoms with E-state index in [0.717, 1.165) is 0 Å². The fourth-order valence-corrected chi connectivity index (χ4v) is 1.37. The minimum absolute atomic E-state index is 0.0486. The summed E-state index contributed by atoms with van der Waals surface area (Å²) >= 11 is 5.54. The van der Waals surface area contributed by atoms with Crippen molar-refractivity contribution in [1.29, 1.82) is 0 Å². The number of hydrogen-bond acceptors (Lipinski definition) is 3. The number of halogens is 2. The zero-order chi connectivity index (χ0) is 12.8. The smallest absolute Gasteiger partial charge is 0.234 e. The summed E-state index contributed by atoms with van der Waals surface area (Å²) < 4.78 is 18.5. The Labute approximate surface area is 104 Å². The van der Waals surface area contributed by atoms with Crippen molar-refractivity contribution in [2.24, 2.45) is 5.84 Å². The molecule has 1 unspecified atom stereocenters. The maximum atomic E-state index is 13.1. The molecule has 0 aliphatic rings. The number of rotatable bonds is 5. The molecule has 0 heterocycles. The van der Waals surface area contributed by atoms with E-state index >= 15 is 0 Å². The summed E-state index contributed by atoms with van der Waals surface area (Å²) in [5.74, 6) is 4.53. The van der Waals surface area contributed by atoms with Crippen LogP contribution in [0.2, 0.25) is 5.02 Å². The van der Waals surface area contributed by atoms with Crippen molar-refractivity contribution < 1.29 is 13.9 Å². The third-order valence-corrected chi connectivity index (χ3v) is 2.47. The first kappa shape index (κ1) is 13.7. The van der Waals surface area contributed by atoms with Crippen LogP contribution in [0.5, 0.6) is 5.75 Å². The first-order chi connectivity index (χ1) is 8.02. The van der Waals surface area contributed by atoms with Crippen LogP contribution in [0.1, 0.15) is 19.8 Å². The molecule has 0 saturated carbocycles. The maximum absolute atomic E-state index is 13.1. The van der Waals surface area contributed by atoms with Crippen LogP contribution in [-0.2, 0) is 4.79 Å². The number of ether oxygens (including phenoxy) is 1. The molecule has 0 fully saturated rings. The van der Waals surface area contributed by atoms with Gasteiger partial charge in [-0.25, -0.2) is 10.2 Å². The van der Waals surface area contributed by atoms with E-state index in [1.807, 2.05) is 5.43 Å². The van der Waals surface area contributed by atoms with E-state index in [1.165, 1.54) is 12.1 Å². The highest BCUT2D eigenvalue weighted by Crippen LogP contribution is 2.21. The zero-order valence-corrected chi connectivity index (χ0v) is 10.1. The molecule has 0 aliphatic heterocycles. The minimum Gasteiger partial charge on any atom is -0.491 e. The van der Waals surface area contributed by atoms with Gasteiger partial charge in [-0.3, -0.25) is 10.2 Å². The highest BCUT2D eigenvalue weighted by Gasteiger charge is 2.08. The quantitative estimate of drug-likeness (QED) is 0.484. The molecule has 0 aliphatic carbocycles. The van der Waals surface area contributed by atoms with Gasteiger partial charge in [-0.05, 0) is 25.5 Å². The Hall–Kier alpha value is -1.33. The molecule has 1 aromatic rings. The lowest BCUT2D eigenvalue weighted by atomic mass is 10.2. The summed E-state index contributed by atoms with van der Waals surface area (Å²) in [6.45, 7) is 1.79. The summed E-state index contributed by atoms with van der Waals surface area (Å²) in [7, 11) is 0. The summed E-state index contributed by atoms with van der Waals surface area (Å²) in [4.78, 5) is 10.9. The molecule has 17 heavy (non-hydrogen) atoms. The monoisotopic (exact) mass is 260 g/mol. The van der Waals surface area contributed by atoms with Crippen LogP contribution in [0.3, 0.4) is 0 Å². The summed E-state index contributed by atoms with van der Waals surface area (Å²) in [6.07, 6.45) is 0.536. The van der Waals surface area contributed by atoms with Gasteiger partial charge in [0.2, 0.25) is 5.91 Å². The lowest BCUT2D eigenvalue weighted by Crippen LogP contribution is -2.30. The molecule has 1 amide bonds. The molecule has 1 aromatic carbocycles. The fourth-order valence-electron chi connectivity index (χ4n) is 1.25. The van der Waals surface area contributed by atoms with Gasteiger partial charge in [0.25, 0.3) is 0 Å². The van der Waals surface area contributed by atoms with E-state index in [-0.39, 0.29) is 23.5 Å². The van der Waals surface area contributed by atoms with Crippen molar-refractivity contribution in [2.75, 3.05) is 0 Å². The first-order valence-electron chi connectivity index (χ1n) is 5.14. The Morgan fingerprint density at radius 3 is 2.94 bits per heavy atom.